The number of anilines is 1. The van der Waals surface area contributed by atoms with Crippen LogP contribution in [0.1, 0.15) is 49.4 Å². The van der Waals surface area contributed by atoms with E-state index >= 15 is 0 Å². The molecule has 2 rings (SSSR count). The van der Waals surface area contributed by atoms with Gasteiger partial charge in [-0.05, 0) is 43.5 Å². The van der Waals surface area contributed by atoms with E-state index in [1.165, 1.54) is 0 Å². The largest absolute Gasteiger partial charge is 0.349 e. The van der Waals surface area contributed by atoms with Gasteiger partial charge in [0.25, 0.3) is 5.91 Å². The SMILES string of the molecule is CCCCC(N)C(=O)Nc1ccc(C(=O)NC2CC2)cc1. The Morgan fingerprint density at radius 1 is 1.29 bits per heavy atom. The minimum Gasteiger partial charge on any atom is -0.349 e. The molecule has 5 nitrogen and oxygen atoms in total. The molecule has 0 heterocycles. The number of amides is 2. The molecular weight excluding hydrogens is 266 g/mol. The molecule has 1 aromatic rings. The molecule has 1 aliphatic rings. The third-order valence-corrected chi connectivity index (χ3v) is 3.53. The molecule has 21 heavy (non-hydrogen) atoms. The first-order valence-corrected chi connectivity index (χ1v) is 7.57. The Kier molecular flexibility index (Phi) is 5.33. The van der Waals surface area contributed by atoms with Gasteiger partial charge in [0.1, 0.15) is 0 Å². The monoisotopic (exact) mass is 289 g/mol. The van der Waals surface area contributed by atoms with E-state index in [1.54, 1.807) is 24.3 Å². The highest BCUT2D eigenvalue weighted by Gasteiger charge is 2.23. The van der Waals surface area contributed by atoms with Crippen LogP contribution in [-0.4, -0.2) is 23.9 Å². The highest BCUT2D eigenvalue weighted by molar-refractivity contribution is 5.97. The van der Waals surface area contributed by atoms with Crippen molar-refractivity contribution in [2.75, 3.05) is 5.32 Å². The molecule has 1 unspecified atom stereocenters. The molecule has 1 atom stereocenters. The zero-order valence-corrected chi connectivity index (χ0v) is 12.4. The zero-order valence-electron chi connectivity index (χ0n) is 12.4. The van der Waals surface area contributed by atoms with E-state index in [4.69, 9.17) is 5.73 Å². The second-order valence-corrected chi connectivity index (χ2v) is 5.56. The lowest BCUT2D eigenvalue weighted by Gasteiger charge is -2.12. The molecule has 0 aromatic heterocycles. The van der Waals surface area contributed by atoms with Gasteiger partial charge in [0.05, 0.1) is 6.04 Å². The number of hydrogen-bond donors (Lipinski definition) is 3. The lowest BCUT2D eigenvalue weighted by atomic mass is 10.1. The Hall–Kier alpha value is -1.88. The summed E-state index contributed by atoms with van der Waals surface area (Å²) >= 11 is 0. The van der Waals surface area contributed by atoms with Crippen molar-refractivity contribution in [1.29, 1.82) is 0 Å². The van der Waals surface area contributed by atoms with Crippen molar-refractivity contribution in [3.8, 4) is 0 Å². The third kappa shape index (κ3) is 4.86. The molecule has 2 amide bonds. The van der Waals surface area contributed by atoms with Crippen molar-refractivity contribution >= 4 is 17.5 Å². The Bertz CT molecular complexity index is 495. The van der Waals surface area contributed by atoms with Crippen LogP contribution < -0.4 is 16.4 Å². The van der Waals surface area contributed by atoms with Gasteiger partial charge < -0.3 is 16.4 Å². The smallest absolute Gasteiger partial charge is 0.251 e. The summed E-state index contributed by atoms with van der Waals surface area (Å²) in [5.41, 5.74) is 7.08. The summed E-state index contributed by atoms with van der Waals surface area (Å²) in [5.74, 6) is -0.242. The van der Waals surface area contributed by atoms with E-state index in [0.717, 1.165) is 25.7 Å². The molecule has 1 aromatic carbocycles. The standard InChI is InChI=1S/C16H23N3O2/c1-2-3-4-14(17)16(21)19-12-7-5-11(6-8-12)15(20)18-13-9-10-13/h5-8,13-14H,2-4,9-10,17H2,1H3,(H,18,20)(H,19,21). The molecule has 0 aliphatic heterocycles. The van der Waals surface area contributed by atoms with E-state index in [0.29, 0.717) is 23.7 Å². The number of unbranched alkanes of at least 4 members (excludes halogenated alkanes) is 1. The predicted molar refractivity (Wildman–Crippen MR) is 83.1 cm³/mol. The van der Waals surface area contributed by atoms with Crippen LogP contribution in [0, 0.1) is 0 Å². The molecule has 0 spiro atoms. The number of hydrogen-bond acceptors (Lipinski definition) is 3. The molecule has 0 saturated heterocycles. The predicted octanol–water partition coefficient (Wildman–Crippen LogP) is 2.03. The molecule has 114 valence electrons. The maximum atomic E-state index is 11.9. The molecule has 5 heteroatoms. The van der Waals surface area contributed by atoms with Crippen molar-refractivity contribution in [3.05, 3.63) is 29.8 Å². The minimum atomic E-state index is -0.484. The van der Waals surface area contributed by atoms with Crippen molar-refractivity contribution in [1.82, 2.24) is 5.32 Å². The van der Waals surface area contributed by atoms with E-state index in [2.05, 4.69) is 17.6 Å². The van der Waals surface area contributed by atoms with Crippen molar-refractivity contribution in [2.45, 2.75) is 51.1 Å². The summed E-state index contributed by atoms with van der Waals surface area (Å²) in [5, 5.41) is 5.70. The fourth-order valence-corrected chi connectivity index (χ4v) is 1.99. The maximum absolute atomic E-state index is 11.9. The van der Waals surface area contributed by atoms with Gasteiger partial charge >= 0.3 is 0 Å². The summed E-state index contributed by atoms with van der Waals surface area (Å²) in [6.45, 7) is 2.07. The highest BCUT2D eigenvalue weighted by atomic mass is 16.2. The molecule has 1 fully saturated rings. The molecular formula is C16H23N3O2. The van der Waals surface area contributed by atoms with Crippen molar-refractivity contribution in [3.63, 3.8) is 0 Å². The topological polar surface area (TPSA) is 84.2 Å². The van der Waals surface area contributed by atoms with Crippen LogP contribution in [0.25, 0.3) is 0 Å². The van der Waals surface area contributed by atoms with Crippen LogP contribution in [0.4, 0.5) is 5.69 Å². The average molecular weight is 289 g/mol. The summed E-state index contributed by atoms with van der Waals surface area (Å²) < 4.78 is 0. The second kappa shape index (κ2) is 7.22. The van der Waals surface area contributed by atoms with E-state index in [-0.39, 0.29) is 11.8 Å². The lowest BCUT2D eigenvalue weighted by molar-refractivity contribution is -0.117. The van der Waals surface area contributed by atoms with E-state index in [9.17, 15) is 9.59 Å². The van der Waals surface area contributed by atoms with E-state index < -0.39 is 6.04 Å². The van der Waals surface area contributed by atoms with Gasteiger partial charge in [-0.1, -0.05) is 19.8 Å². The fraction of sp³-hybridized carbons (Fsp3) is 0.500. The summed E-state index contributed by atoms with van der Waals surface area (Å²) in [6.07, 6.45) is 4.77. The number of nitrogens with two attached hydrogens (primary N) is 1. The van der Waals surface area contributed by atoms with Crippen LogP contribution in [0.5, 0.6) is 0 Å². The first kappa shape index (κ1) is 15.5. The minimum absolute atomic E-state index is 0.0602. The summed E-state index contributed by atoms with van der Waals surface area (Å²) in [7, 11) is 0. The highest BCUT2D eigenvalue weighted by Crippen LogP contribution is 2.19. The second-order valence-electron chi connectivity index (χ2n) is 5.56. The van der Waals surface area contributed by atoms with Crippen LogP contribution >= 0.6 is 0 Å². The van der Waals surface area contributed by atoms with Gasteiger partial charge in [-0.25, -0.2) is 0 Å². The number of carbonyl (C=O) groups excluding carboxylic acids is 2. The first-order chi connectivity index (χ1) is 10.1. The van der Waals surface area contributed by atoms with Gasteiger partial charge in [-0.15, -0.1) is 0 Å². The zero-order chi connectivity index (χ0) is 15.2. The number of rotatable bonds is 7. The molecule has 1 saturated carbocycles. The maximum Gasteiger partial charge on any atom is 0.251 e. The van der Waals surface area contributed by atoms with Gasteiger partial charge in [0, 0.05) is 17.3 Å². The average Bonchev–Trinajstić information content (AvgIpc) is 3.29. The fourth-order valence-electron chi connectivity index (χ4n) is 1.99. The van der Waals surface area contributed by atoms with Gasteiger partial charge in [0.2, 0.25) is 5.91 Å². The normalized spacial score (nSPS) is 15.3. The summed E-state index contributed by atoms with van der Waals surface area (Å²) in [6, 6.07) is 6.74. The summed E-state index contributed by atoms with van der Waals surface area (Å²) in [4.78, 5) is 23.7. The van der Waals surface area contributed by atoms with Crippen molar-refractivity contribution in [2.24, 2.45) is 5.73 Å². The Labute approximate surface area is 125 Å². The first-order valence-electron chi connectivity index (χ1n) is 7.57. The Morgan fingerprint density at radius 2 is 1.95 bits per heavy atom. The van der Waals surface area contributed by atoms with Crippen LogP contribution in [0.2, 0.25) is 0 Å². The van der Waals surface area contributed by atoms with Crippen LogP contribution in [0.15, 0.2) is 24.3 Å². The third-order valence-electron chi connectivity index (χ3n) is 3.53. The molecule has 0 bridgehead atoms. The molecule has 4 N–H and O–H groups in total. The number of benzene rings is 1. The van der Waals surface area contributed by atoms with E-state index in [1.807, 2.05) is 0 Å². The van der Waals surface area contributed by atoms with Crippen molar-refractivity contribution < 1.29 is 9.59 Å². The van der Waals surface area contributed by atoms with Crippen LogP contribution in [-0.2, 0) is 4.79 Å². The molecule has 0 radical (unpaired) electrons. The number of nitrogens with one attached hydrogen (secondary N) is 2. The Balaban J connectivity index is 1.86. The van der Waals surface area contributed by atoms with Gasteiger partial charge in [-0.2, -0.15) is 0 Å². The quantitative estimate of drug-likeness (QED) is 0.718. The van der Waals surface area contributed by atoms with Gasteiger partial charge in [-0.3, -0.25) is 9.59 Å². The lowest BCUT2D eigenvalue weighted by Crippen LogP contribution is -2.35. The number of carbonyl (C=O) groups is 2. The Morgan fingerprint density at radius 3 is 2.52 bits per heavy atom. The van der Waals surface area contributed by atoms with Gasteiger partial charge in [0.15, 0.2) is 0 Å². The van der Waals surface area contributed by atoms with Crippen LogP contribution in [0.3, 0.4) is 0 Å². The molecule has 1 aliphatic carbocycles.